The molecular weight excluding hydrogens is 957 g/mol. The van der Waals surface area contributed by atoms with Crippen molar-refractivity contribution in [1.29, 1.82) is 0 Å². The van der Waals surface area contributed by atoms with E-state index < -0.39 is 82.5 Å². The lowest BCUT2D eigenvalue weighted by Crippen LogP contribution is -2.57. The van der Waals surface area contributed by atoms with Crippen molar-refractivity contribution < 1.29 is 62.5 Å². The molecule has 0 saturated carbocycles. The maximum atomic E-state index is 14.3. The molecule has 4 aliphatic rings. The molecule has 1 aromatic carbocycles. The maximum Gasteiger partial charge on any atom is 0.355 e. The van der Waals surface area contributed by atoms with Gasteiger partial charge in [-0.05, 0) is 56.2 Å². The number of aromatic nitrogens is 2. The molecule has 3 aromatic rings. The summed E-state index contributed by atoms with van der Waals surface area (Å²) in [5.41, 5.74) is 0.333. The Bertz CT molecular complexity index is 2710. The number of hydrogen-bond donors (Lipinski definition) is 5. The third-order valence-corrected chi connectivity index (χ3v) is 14.1. The summed E-state index contributed by atoms with van der Waals surface area (Å²) in [6.45, 7) is 5.24. The summed E-state index contributed by atoms with van der Waals surface area (Å²) < 4.78 is 18.6. The van der Waals surface area contributed by atoms with Crippen LogP contribution in [0.15, 0.2) is 41.2 Å². The topological polar surface area (TPSA) is 305 Å². The first-order chi connectivity index (χ1) is 34.5. The van der Waals surface area contributed by atoms with Crippen LogP contribution in [0.25, 0.3) is 22.3 Å². The van der Waals surface area contributed by atoms with Crippen LogP contribution in [0.3, 0.4) is 0 Å². The molecule has 2 aromatic heterocycles. The van der Waals surface area contributed by atoms with Crippen molar-refractivity contribution >= 4 is 76.2 Å². The number of benzene rings is 1. The molecule has 6 amide bonds. The number of hydrogen-bond acceptors (Lipinski definition) is 16. The Kier molecular flexibility index (Phi) is 17.1. The van der Waals surface area contributed by atoms with Crippen molar-refractivity contribution in [2.45, 2.75) is 127 Å². The summed E-state index contributed by atoms with van der Waals surface area (Å²) in [6.07, 6.45) is 1.40. The van der Waals surface area contributed by atoms with E-state index in [1.807, 2.05) is 30.3 Å². The highest BCUT2D eigenvalue weighted by Gasteiger charge is 2.52. The van der Waals surface area contributed by atoms with E-state index in [0.717, 1.165) is 22.9 Å². The number of unbranched alkanes of at least 4 members (excludes halogenated alkanes) is 2. The summed E-state index contributed by atoms with van der Waals surface area (Å²) in [5.74, 6) is -6.89. The van der Waals surface area contributed by atoms with Crippen LogP contribution in [0.2, 0.25) is 0 Å². The molecule has 2 fully saturated rings. The highest BCUT2D eigenvalue weighted by atomic mass is 32.2. The van der Waals surface area contributed by atoms with E-state index in [2.05, 4.69) is 16.0 Å². The van der Waals surface area contributed by atoms with Crippen molar-refractivity contribution in [3.05, 3.63) is 63.4 Å². The first-order valence-electron chi connectivity index (χ1n) is 24.2. The maximum absolute atomic E-state index is 14.3. The Morgan fingerprint density at radius 1 is 1.00 bits per heavy atom. The smallest absolute Gasteiger partial charge is 0.355 e. The molecule has 7 rings (SSSR count). The van der Waals surface area contributed by atoms with Gasteiger partial charge in [-0.25, -0.2) is 14.6 Å². The van der Waals surface area contributed by atoms with Crippen LogP contribution < -0.4 is 26.6 Å². The second kappa shape index (κ2) is 23.2. The van der Waals surface area contributed by atoms with E-state index in [1.54, 1.807) is 31.4 Å². The Hall–Kier alpha value is -6.72. The predicted octanol–water partition coefficient (Wildman–Crippen LogP) is 1.54. The summed E-state index contributed by atoms with van der Waals surface area (Å²) in [4.78, 5) is 139. The molecule has 6 N–H and O–H groups in total. The van der Waals surface area contributed by atoms with Crippen molar-refractivity contribution in [3.8, 4) is 11.4 Å². The number of carboxylic acid groups (broad SMARTS) is 1. The second-order valence-corrected chi connectivity index (χ2v) is 19.4. The van der Waals surface area contributed by atoms with E-state index in [4.69, 9.17) is 24.3 Å². The van der Waals surface area contributed by atoms with Gasteiger partial charge in [-0.15, -0.1) is 0 Å². The van der Waals surface area contributed by atoms with E-state index in [1.165, 1.54) is 9.80 Å². The zero-order valence-corrected chi connectivity index (χ0v) is 41.2. The third kappa shape index (κ3) is 11.5. The Morgan fingerprint density at radius 3 is 2.50 bits per heavy atom. The number of fused-ring (bicyclic) bond motifs is 5. The second-order valence-electron chi connectivity index (χ2n) is 18.6. The van der Waals surface area contributed by atoms with Gasteiger partial charge in [0.05, 0.1) is 48.6 Å². The fourth-order valence-corrected chi connectivity index (χ4v) is 10.0. The largest absolute Gasteiger partial charge is 0.481 e. The number of carbonyl (C=O) groups is 9. The van der Waals surface area contributed by atoms with Gasteiger partial charge in [0.1, 0.15) is 30.0 Å². The fraction of sp³-hybridized carbons (Fsp3) is 0.531. The number of esters is 2. The SMILES string of the molecule is CC[C@@]1(OC(=O)[C@@H](NC(=O)[C@@H]2CCCN2C(=O)[C@H](CC(=O)O)NC(=O)CCOCCNC(=O)CCCCCN2C(=O)CC(SN)C2=O)C(C)C)C(=O)OCc2c1cc1n(c2=O)Cc2cc3ccccc3nc2-1. The number of ether oxygens (including phenoxy) is 3. The summed E-state index contributed by atoms with van der Waals surface area (Å²) in [6, 6.07) is 7.07. The molecule has 0 bridgehead atoms. The van der Waals surface area contributed by atoms with Gasteiger partial charge in [-0.1, -0.05) is 57.3 Å². The number of cyclic esters (lactones) is 1. The number of carboxylic acids is 1. The van der Waals surface area contributed by atoms with E-state index in [0.29, 0.717) is 42.6 Å². The van der Waals surface area contributed by atoms with Crippen LogP contribution in [0.1, 0.15) is 102 Å². The molecule has 386 valence electrons. The van der Waals surface area contributed by atoms with Gasteiger partial charge in [-0.2, -0.15) is 0 Å². The standard InChI is InChI=1S/C49H60N8O14S/c1-4-49(31-22-35-42-29(21-28-11-7-8-12-32(28)53-42)25-57(35)44(64)30(31)26-70-48(49)68)71-47(67)41(27(2)3)54-43(63)34-13-10-18-55(34)45(65)33(23-40(61)62)52-38(59)15-19-69-20-16-51-37(58)14-6-5-9-17-56-39(60)24-36(72-50)46(56)66/h7-8,11-12,21-22,27,33-34,36,41H,4-6,9-10,13-20,23-26,50H2,1-3H3,(H,51,58)(H,52,59)(H,54,63)(H,61,62)/t33-,34-,36?,41-,49-/m0/s1. The quantitative estimate of drug-likeness (QED) is 0.0305. The van der Waals surface area contributed by atoms with Gasteiger partial charge in [0.25, 0.3) is 5.56 Å². The number of aliphatic carboxylic acids is 1. The van der Waals surface area contributed by atoms with Crippen LogP contribution in [-0.4, -0.2) is 134 Å². The third-order valence-electron chi connectivity index (χ3n) is 13.4. The molecule has 2 saturated heterocycles. The van der Waals surface area contributed by atoms with Gasteiger partial charge >= 0.3 is 17.9 Å². The number of nitrogens with one attached hydrogen (secondary N) is 3. The first-order valence-corrected chi connectivity index (χ1v) is 25.1. The van der Waals surface area contributed by atoms with Gasteiger partial charge < -0.3 is 44.7 Å². The number of amides is 6. The molecule has 22 nitrogen and oxygen atoms in total. The summed E-state index contributed by atoms with van der Waals surface area (Å²) in [7, 11) is 0. The molecule has 6 heterocycles. The zero-order valence-electron chi connectivity index (χ0n) is 40.4. The van der Waals surface area contributed by atoms with E-state index >= 15 is 0 Å². The lowest BCUT2D eigenvalue weighted by molar-refractivity contribution is -0.191. The lowest BCUT2D eigenvalue weighted by atomic mass is 9.85. The van der Waals surface area contributed by atoms with Crippen molar-refractivity contribution in [2.75, 3.05) is 32.8 Å². The molecule has 5 atom stereocenters. The Balaban J connectivity index is 0.909. The van der Waals surface area contributed by atoms with Crippen LogP contribution in [0, 0.1) is 5.92 Å². The number of pyridine rings is 2. The molecule has 0 spiro atoms. The number of rotatable bonds is 23. The van der Waals surface area contributed by atoms with Crippen molar-refractivity contribution in [2.24, 2.45) is 11.1 Å². The number of nitrogens with two attached hydrogens (primary N) is 1. The minimum absolute atomic E-state index is 0.0548. The van der Waals surface area contributed by atoms with Gasteiger partial charge in [0.15, 0.2) is 0 Å². The van der Waals surface area contributed by atoms with Crippen LogP contribution >= 0.6 is 11.9 Å². The normalized spacial score (nSPS) is 19.9. The number of carbonyl (C=O) groups excluding carboxylic acids is 8. The van der Waals surface area contributed by atoms with Gasteiger partial charge in [0, 0.05) is 55.4 Å². The molecule has 0 radical (unpaired) electrons. The van der Waals surface area contributed by atoms with Crippen LogP contribution in [-0.2, 0) is 76.1 Å². The highest BCUT2D eigenvalue weighted by molar-refractivity contribution is 7.98. The fourth-order valence-electron chi connectivity index (χ4n) is 9.55. The lowest BCUT2D eigenvalue weighted by Gasteiger charge is -2.37. The molecule has 0 aliphatic carbocycles. The number of nitrogens with zero attached hydrogens (tertiary/aromatic N) is 4. The molecule has 23 heteroatoms. The minimum Gasteiger partial charge on any atom is -0.481 e. The Labute approximate surface area is 418 Å². The van der Waals surface area contributed by atoms with Gasteiger partial charge in [0.2, 0.25) is 41.0 Å². The highest BCUT2D eigenvalue weighted by Crippen LogP contribution is 2.41. The van der Waals surface area contributed by atoms with Crippen molar-refractivity contribution in [3.63, 3.8) is 0 Å². The predicted molar refractivity (Wildman–Crippen MR) is 258 cm³/mol. The van der Waals surface area contributed by atoms with E-state index in [9.17, 15) is 53.1 Å². The van der Waals surface area contributed by atoms with Crippen LogP contribution in [0.5, 0.6) is 0 Å². The molecule has 1 unspecified atom stereocenters. The molecular formula is C49H60N8O14S. The first kappa shape index (κ1) is 53.1. The molecule has 4 aliphatic heterocycles. The van der Waals surface area contributed by atoms with Crippen LogP contribution in [0.4, 0.5) is 0 Å². The monoisotopic (exact) mass is 1020 g/mol. The van der Waals surface area contributed by atoms with Crippen molar-refractivity contribution in [1.82, 2.24) is 35.3 Å². The molecule has 72 heavy (non-hydrogen) atoms. The number of likely N-dealkylation sites (tertiary alicyclic amines) is 2. The van der Waals surface area contributed by atoms with Gasteiger partial charge in [-0.3, -0.25) is 48.4 Å². The average molecular weight is 1020 g/mol. The number of para-hydroxylation sites is 1. The summed E-state index contributed by atoms with van der Waals surface area (Å²) >= 11 is 0.861. The van der Waals surface area contributed by atoms with E-state index in [-0.39, 0.29) is 107 Å². The minimum atomic E-state index is -2.06. The average Bonchev–Trinajstić information content (AvgIpc) is 4.06. The zero-order chi connectivity index (χ0) is 51.9. The summed E-state index contributed by atoms with van der Waals surface area (Å²) in [5, 5.41) is 23.3. The Morgan fingerprint density at radius 2 is 1.78 bits per heavy atom. The number of imide groups is 1.